The molecule has 0 spiro atoms. The maximum atomic E-state index is 13.2. The van der Waals surface area contributed by atoms with Crippen LogP contribution in [0.2, 0.25) is 0 Å². The Morgan fingerprint density at radius 1 is 1.35 bits per heavy atom. The third-order valence-electron chi connectivity index (χ3n) is 2.72. The van der Waals surface area contributed by atoms with Crippen LogP contribution in [0.4, 0.5) is 4.39 Å². The van der Waals surface area contributed by atoms with Crippen LogP contribution in [0.3, 0.4) is 0 Å². The largest absolute Gasteiger partial charge is 0.321 e. The van der Waals surface area contributed by atoms with Crippen molar-refractivity contribution in [1.29, 1.82) is 0 Å². The van der Waals surface area contributed by atoms with E-state index in [0.29, 0.717) is 5.56 Å². The number of nitrogens with two attached hydrogens (primary N) is 1. The molecule has 1 aromatic heterocycles. The Kier molecular flexibility index (Phi) is 2.75. The molecule has 17 heavy (non-hydrogen) atoms. The molecule has 90 valence electrons. The highest BCUT2D eigenvalue weighted by molar-refractivity contribution is 5.38. The number of aryl methyl sites for hydroxylation is 1. The Morgan fingerprint density at radius 3 is 2.65 bits per heavy atom. The quantitative estimate of drug-likeness (QED) is 0.866. The third kappa shape index (κ3) is 2.22. The monoisotopic (exact) mass is 233 g/mol. The minimum absolute atomic E-state index is 0.206. The first-order chi connectivity index (χ1) is 7.89. The van der Waals surface area contributed by atoms with E-state index in [9.17, 15) is 4.39 Å². The number of hydrogen-bond acceptors (Lipinski definition) is 2. The Bertz CT molecular complexity index is 538. The number of hydrogen-bond donors (Lipinski definition) is 1. The van der Waals surface area contributed by atoms with Crippen molar-refractivity contribution >= 4 is 0 Å². The van der Waals surface area contributed by atoms with E-state index in [0.717, 1.165) is 11.4 Å². The van der Waals surface area contributed by atoms with Crippen molar-refractivity contribution in [1.82, 2.24) is 9.55 Å². The molecule has 0 aliphatic heterocycles. The average molecular weight is 233 g/mol. The predicted octanol–water partition coefficient (Wildman–Crippen LogP) is 2.51. The van der Waals surface area contributed by atoms with Gasteiger partial charge in [-0.25, -0.2) is 9.37 Å². The van der Waals surface area contributed by atoms with Gasteiger partial charge in [0.05, 0.1) is 23.8 Å². The summed E-state index contributed by atoms with van der Waals surface area (Å²) in [5.41, 5.74) is 7.96. The average Bonchev–Trinajstić information content (AvgIpc) is 2.70. The molecule has 1 heterocycles. The molecule has 0 aliphatic carbocycles. The standard InChI is InChI=1S/C13H16FN3/c1-9-6-10(4-5-11(9)14)17-8-16-7-12(17)13(2,3)15/h4-8H,15H2,1-3H3. The third-order valence-corrected chi connectivity index (χ3v) is 2.72. The molecule has 0 amide bonds. The molecule has 0 atom stereocenters. The van der Waals surface area contributed by atoms with E-state index in [1.165, 1.54) is 6.07 Å². The predicted molar refractivity (Wildman–Crippen MR) is 65.5 cm³/mol. The molecule has 3 nitrogen and oxygen atoms in total. The zero-order chi connectivity index (χ0) is 12.6. The number of halogens is 1. The van der Waals surface area contributed by atoms with E-state index in [1.807, 2.05) is 18.4 Å². The van der Waals surface area contributed by atoms with Gasteiger partial charge in [0.2, 0.25) is 0 Å². The van der Waals surface area contributed by atoms with Gasteiger partial charge in [-0.1, -0.05) is 0 Å². The first-order valence-electron chi connectivity index (χ1n) is 5.48. The van der Waals surface area contributed by atoms with Crippen molar-refractivity contribution in [3.63, 3.8) is 0 Å². The maximum Gasteiger partial charge on any atom is 0.126 e. The number of aromatic nitrogens is 2. The Labute approximate surface area is 100 Å². The van der Waals surface area contributed by atoms with Crippen LogP contribution in [0.5, 0.6) is 0 Å². The second kappa shape index (κ2) is 3.96. The van der Waals surface area contributed by atoms with Crippen molar-refractivity contribution in [2.45, 2.75) is 26.3 Å². The van der Waals surface area contributed by atoms with E-state index in [2.05, 4.69) is 4.98 Å². The minimum atomic E-state index is -0.487. The van der Waals surface area contributed by atoms with Crippen LogP contribution in [0.15, 0.2) is 30.7 Å². The lowest BCUT2D eigenvalue weighted by Gasteiger charge is -2.20. The fourth-order valence-corrected chi connectivity index (χ4v) is 1.76. The van der Waals surface area contributed by atoms with Crippen molar-refractivity contribution in [2.75, 3.05) is 0 Å². The first kappa shape index (κ1) is 11.8. The highest BCUT2D eigenvalue weighted by Crippen LogP contribution is 2.21. The fraction of sp³-hybridized carbons (Fsp3) is 0.308. The van der Waals surface area contributed by atoms with Gasteiger partial charge >= 0.3 is 0 Å². The molecule has 1 aromatic carbocycles. The highest BCUT2D eigenvalue weighted by Gasteiger charge is 2.19. The molecule has 0 saturated carbocycles. The maximum absolute atomic E-state index is 13.2. The summed E-state index contributed by atoms with van der Waals surface area (Å²) in [6, 6.07) is 4.96. The van der Waals surface area contributed by atoms with Crippen LogP contribution in [0, 0.1) is 12.7 Å². The molecule has 0 bridgehead atoms. The van der Waals surface area contributed by atoms with Gasteiger partial charge in [0.15, 0.2) is 0 Å². The summed E-state index contributed by atoms with van der Waals surface area (Å²) in [5, 5.41) is 0. The number of rotatable bonds is 2. The smallest absolute Gasteiger partial charge is 0.126 e. The van der Waals surface area contributed by atoms with Gasteiger partial charge < -0.3 is 10.3 Å². The summed E-state index contributed by atoms with van der Waals surface area (Å²) in [7, 11) is 0. The zero-order valence-corrected chi connectivity index (χ0v) is 10.2. The van der Waals surface area contributed by atoms with E-state index in [1.54, 1.807) is 31.6 Å². The second-order valence-corrected chi connectivity index (χ2v) is 4.80. The molecule has 0 saturated heterocycles. The fourth-order valence-electron chi connectivity index (χ4n) is 1.76. The van der Waals surface area contributed by atoms with Gasteiger partial charge in [-0.15, -0.1) is 0 Å². The zero-order valence-electron chi connectivity index (χ0n) is 10.2. The topological polar surface area (TPSA) is 43.8 Å². The van der Waals surface area contributed by atoms with E-state index >= 15 is 0 Å². The first-order valence-corrected chi connectivity index (χ1v) is 5.48. The molecule has 2 aromatic rings. The van der Waals surface area contributed by atoms with Crippen molar-refractivity contribution < 1.29 is 4.39 Å². The van der Waals surface area contributed by atoms with Gasteiger partial charge in [-0.2, -0.15) is 0 Å². The Hall–Kier alpha value is -1.68. The molecule has 4 heteroatoms. The lowest BCUT2D eigenvalue weighted by molar-refractivity contribution is 0.524. The van der Waals surface area contributed by atoms with E-state index in [4.69, 9.17) is 5.73 Å². The molecule has 0 unspecified atom stereocenters. The van der Waals surface area contributed by atoms with Gasteiger partial charge in [0.25, 0.3) is 0 Å². The Morgan fingerprint density at radius 2 is 2.06 bits per heavy atom. The van der Waals surface area contributed by atoms with Gasteiger partial charge in [0, 0.05) is 5.69 Å². The van der Waals surface area contributed by atoms with Crippen LogP contribution in [-0.2, 0) is 5.54 Å². The number of imidazole rings is 1. The van der Waals surface area contributed by atoms with Crippen LogP contribution in [0.25, 0.3) is 5.69 Å². The second-order valence-electron chi connectivity index (χ2n) is 4.80. The number of benzene rings is 1. The van der Waals surface area contributed by atoms with E-state index < -0.39 is 5.54 Å². The Balaban J connectivity index is 2.54. The molecular weight excluding hydrogens is 217 g/mol. The van der Waals surface area contributed by atoms with Gasteiger partial charge in [-0.3, -0.25) is 0 Å². The molecule has 2 rings (SSSR count). The molecular formula is C13H16FN3. The molecule has 0 fully saturated rings. The lowest BCUT2D eigenvalue weighted by atomic mass is 10.0. The summed E-state index contributed by atoms with van der Waals surface area (Å²) in [6.45, 7) is 5.57. The molecule has 0 aliphatic rings. The summed E-state index contributed by atoms with van der Waals surface area (Å²) >= 11 is 0. The normalized spacial score (nSPS) is 11.8. The van der Waals surface area contributed by atoms with Crippen molar-refractivity contribution in [3.8, 4) is 5.69 Å². The molecule has 0 radical (unpaired) electrons. The van der Waals surface area contributed by atoms with Crippen molar-refractivity contribution in [3.05, 3.63) is 47.8 Å². The summed E-state index contributed by atoms with van der Waals surface area (Å²) < 4.78 is 15.1. The summed E-state index contributed by atoms with van der Waals surface area (Å²) in [4.78, 5) is 4.11. The number of nitrogens with zero attached hydrogens (tertiary/aromatic N) is 2. The van der Waals surface area contributed by atoms with Crippen LogP contribution in [0.1, 0.15) is 25.1 Å². The van der Waals surface area contributed by atoms with Crippen LogP contribution >= 0.6 is 0 Å². The SMILES string of the molecule is Cc1cc(-n2cncc2C(C)(C)N)ccc1F. The van der Waals surface area contributed by atoms with E-state index in [-0.39, 0.29) is 5.82 Å². The summed E-state index contributed by atoms with van der Waals surface area (Å²) in [6.07, 6.45) is 3.43. The minimum Gasteiger partial charge on any atom is -0.321 e. The van der Waals surface area contributed by atoms with Crippen LogP contribution in [-0.4, -0.2) is 9.55 Å². The lowest BCUT2D eigenvalue weighted by Crippen LogP contribution is -2.31. The van der Waals surface area contributed by atoms with Gasteiger partial charge in [0.1, 0.15) is 5.82 Å². The van der Waals surface area contributed by atoms with Gasteiger partial charge in [-0.05, 0) is 44.5 Å². The van der Waals surface area contributed by atoms with Crippen LogP contribution < -0.4 is 5.73 Å². The molecule has 2 N–H and O–H groups in total. The van der Waals surface area contributed by atoms with Crippen molar-refractivity contribution in [2.24, 2.45) is 5.73 Å². The summed E-state index contributed by atoms with van der Waals surface area (Å²) in [5.74, 6) is -0.206. The highest BCUT2D eigenvalue weighted by atomic mass is 19.1.